The molecule has 0 atom stereocenters. The lowest BCUT2D eigenvalue weighted by molar-refractivity contribution is -0.137. The third-order valence-corrected chi connectivity index (χ3v) is 2.97. The van der Waals surface area contributed by atoms with Crippen LogP contribution in [0.15, 0.2) is 35.3 Å². The Morgan fingerprint density at radius 2 is 2.16 bits per heavy atom. The number of nitrogens with zero attached hydrogens (tertiary/aromatic N) is 1. The molecule has 1 aromatic carbocycles. The molecule has 0 amide bonds. The maximum absolute atomic E-state index is 12.2. The number of carboxylic acid groups (broad SMARTS) is 1. The molecule has 0 unspecified atom stereocenters. The quantitative estimate of drug-likeness (QED) is 0.892. The van der Waals surface area contributed by atoms with E-state index in [1.165, 1.54) is 4.57 Å². The van der Waals surface area contributed by atoms with Crippen molar-refractivity contribution in [1.29, 1.82) is 0 Å². The van der Waals surface area contributed by atoms with Crippen molar-refractivity contribution in [2.75, 3.05) is 7.11 Å². The van der Waals surface area contributed by atoms with Gasteiger partial charge in [0.25, 0.3) is 5.56 Å². The Kier molecular flexibility index (Phi) is 3.85. The summed E-state index contributed by atoms with van der Waals surface area (Å²) in [4.78, 5) is 22.6. The Hall–Kier alpha value is -2.30. The molecule has 0 fully saturated rings. The fourth-order valence-electron chi connectivity index (χ4n) is 1.97. The summed E-state index contributed by atoms with van der Waals surface area (Å²) >= 11 is 0. The van der Waals surface area contributed by atoms with Crippen LogP contribution in [0.2, 0.25) is 0 Å². The van der Waals surface area contributed by atoms with Gasteiger partial charge in [-0.05, 0) is 36.1 Å². The molecule has 100 valence electrons. The van der Waals surface area contributed by atoms with Crippen LogP contribution < -0.4 is 10.3 Å². The highest BCUT2D eigenvalue weighted by atomic mass is 16.5. The third kappa shape index (κ3) is 2.93. The average Bonchev–Trinajstić information content (AvgIpc) is 2.40. The second-order valence-electron chi connectivity index (χ2n) is 4.26. The first kappa shape index (κ1) is 13.1. The van der Waals surface area contributed by atoms with Gasteiger partial charge in [0, 0.05) is 24.5 Å². The van der Waals surface area contributed by atoms with Crippen molar-refractivity contribution in [2.45, 2.75) is 19.4 Å². The molecule has 1 aromatic heterocycles. The summed E-state index contributed by atoms with van der Waals surface area (Å²) in [6, 6.07) is 7.11. The number of benzene rings is 1. The Balaban J connectivity index is 2.30. The van der Waals surface area contributed by atoms with Crippen LogP contribution in [0.1, 0.15) is 12.8 Å². The normalized spacial score (nSPS) is 10.6. The predicted molar refractivity (Wildman–Crippen MR) is 71.6 cm³/mol. The van der Waals surface area contributed by atoms with E-state index < -0.39 is 5.97 Å². The highest BCUT2D eigenvalue weighted by molar-refractivity contribution is 5.82. The van der Waals surface area contributed by atoms with Crippen molar-refractivity contribution in [2.24, 2.45) is 0 Å². The number of aromatic nitrogens is 1. The van der Waals surface area contributed by atoms with Crippen LogP contribution >= 0.6 is 0 Å². The van der Waals surface area contributed by atoms with Crippen LogP contribution in [-0.4, -0.2) is 22.8 Å². The zero-order valence-electron chi connectivity index (χ0n) is 10.6. The Morgan fingerprint density at radius 1 is 1.37 bits per heavy atom. The lowest BCUT2D eigenvalue weighted by Crippen LogP contribution is -2.19. The number of hydrogen-bond acceptors (Lipinski definition) is 3. The molecule has 5 heteroatoms. The molecular weight excluding hydrogens is 246 g/mol. The molecule has 2 aromatic rings. The molecule has 0 aliphatic heterocycles. The lowest BCUT2D eigenvalue weighted by Gasteiger charge is -2.07. The molecule has 0 radical (unpaired) electrons. The number of pyridine rings is 1. The van der Waals surface area contributed by atoms with Crippen molar-refractivity contribution in [3.63, 3.8) is 0 Å². The fraction of sp³-hybridized carbons (Fsp3) is 0.286. The van der Waals surface area contributed by atoms with Gasteiger partial charge in [0.2, 0.25) is 0 Å². The van der Waals surface area contributed by atoms with E-state index in [1.807, 2.05) is 6.07 Å². The second kappa shape index (κ2) is 5.56. The van der Waals surface area contributed by atoms with E-state index in [9.17, 15) is 9.59 Å². The molecule has 5 nitrogen and oxygen atoms in total. The molecule has 19 heavy (non-hydrogen) atoms. The Morgan fingerprint density at radius 3 is 2.84 bits per heavy atom. The number of hydrogen-bond donors (Lipinski definition) is 1. The van der Waals surface area contributed by atoms with Gasteiger partial charge in [-0.15, -0.1) is 0 Å². The predicted octanol–water partition coefficient (Wildman–Crippen LogP) is 1.87. The van der Waals surface area contributed by atoms with Gasteiger partial charge in [0.05, 0.1) is 7.11 Å². The van der Waals surface area contributed by atoms with Gasteiger partial charge in [0.1, 0.15) is 5.75 Å². The molecule has 2 rings (SSSR count). The largest absolute Gasteiger partial charge is 0.497 e. The molecule has 0 spiro atoms. The number of fused-ring (bicyclic) bond motifs is 1. The standard InChI is InChI=1S/C14H15NO4/c1-19-11-4-5-12-10(9-11)6-8-15(14(12)18)7-2-3-13(16)17/h4-6,8-9H,2-3,7H2,1H3,(H,16,17). The van der Waals surface area contributed by atoms with Gasteiger partial charge in [0.15, 0.2) is 0 Å². The zero-order valence-corrected chi connectivity index (χ0v) is 10.6. The molecule has 0 bridgehead atoms. The SMILES string of the molecule is COc1ccc2c(=O)n(CCCC(=O)O)ccc2c1. The van der Waals surface area contributed by atoms with Gasteiger partial charge >= 0.3 is 5.97 Å². The number of aryl methyl sites for hydroxylation is 1. The average molecular weight is 261 g/mol. The number of methoxy groups -OCH3 is 1. The van der Waals surface area contributed by atoms with Crippen LogP contribution in [0.4, 0.5) is 0 Å². The number of aliphatic carboxylic acids is 1. The molecule has 0 aliphatic rings. The smallest absolute Gasteiger partial charge is 0.303 e. The van der Waals surface area contributed by atoms with Crippen molar-refractivity contribution in [3.05, 3.63) is 40.8 Å². The summed E-state index contributed by atoms with van der Waals surface area (Å²) in [5.74, 6) is -0.144. The van der Waals surface area contributed by atoms with Crippen LogP contribution in [0.3, 0.4) is 0 Å². The van der Waals surface area contributed by atoms with Crippen LogP contribution in [0.5, 0.6) is 5.75 Å². The van der Waals surface area contributed by atoms with Crippen LogP contribution in [-0.2, 0) is 11.3 Å². The second-order valence-corrected chi connectivity index (χ2v) is 4.26. The highest BCUT2D eigenvalue weighted by Gasteiger charge is 2.04. The number of ether oxygens (including phenoxy) is 1. The first-order valence-electron chi connectivity index (χ1n) is 6.01. The van der Waals surface area contributed by atoms with E-state index in [-0.39, 0.29) is 12.0 Å². The summed E-state index contributed by atoms with van der Waals surface area (Å²) in [6.45, 7) is 0.410. The zero-order chi connectivity index (χ0) is 13.8. The van der Waals surface area contributed by atoms with Gasteiger partial charge < -0.3 is 14.4 Å². The number of carboxylic acids is 1. The first-order chi connectivity index (χ1) is 9.11. The van der Waals surface area contributed by atoms with Crippen LogP contribution in [0.25, 0.3) is 10.8 Å². The summed E-state index contributed by atoms with van der Waals surface area (Å²) in [5.41, 5.74) is -0.106. The van der Waals surface area contributed by atoms with E-state index >= 15 is 0 Å². The molecule has 1 N–H and O–H groups in total. The summed E-state index contributed by atoms with van der Waals surface area (Å²) in [6.07, 6.45) is 2.19. The fourth-order valence-corrected chi connectivity index (χ4v) is 1.97. The van der Waals surface area contributed by atoms with E-state index in [1.54, 1.807) is 31.5 Å². The van der Waals surface area contributed by atoms with Crippen molar-refractivity contribution < 1.29 is 14.6 Å². The van der Waals surface area contributed by atoms with Crippen molar-refractivity contribution in [1.82, 2.24) is 4.57 Å². The maximum Gasteiger partial charge on any atom is 0.303 e. The van der Waals surface area contributed by atoms with E-state index in [0.717, 1.165) is 5.39 Å². The van der Waals surface area contributed by atoms with E-state index in [0.29, 0.717) is 24.1 Å². The number of carbonyl (C=O) groups is 1. The summed E-state index contributed by atoms with van der Waals surface area (Å²) in [5, 5.41) is 10.0. The van der Waals surface area contributed by atoms with Gasteiger partial charge in [-0.3, -0.25) is 9.59 Å². The van der Waals surface area contributed by atoms with Gasteiger partial charge in [-0.2, -0.15) is 0 Å². The minimum atomic E-state index is -0.849. The molecular formula is C14H15NO4. The van der Waals surface area contributed by atoms with Gasteiger partial charge in [-0.1, -0.05) is 0 Å². The summed E-state index contributed by atoms with van der Waals surface area (Å²) in [7, 11) is 1.58. The molecule has 1 heterocycles. The van der Waals surface area contributed by atoms with Crippen molar-refractivity contribution >= 4 is 16.7 Å². The minimum Gasteiger partial charge on any atom is -0.497 e. The monoisotopic (exact) mass is 261 g/mol. The third-order valence-electron chi connectivity index (χ3n) is 2.97. The molecule has 0 saturated heterocycles. The maximum atomic E-state index is 12.2. The van der Waals surface area contributed by atoms with Crippen molar-refractivity contribution in [3.8, 4) is 5.75 Å². The van der Waals surface area contributed by atoms with Gasteiger partial charge in [-0.25, -0.2) is 0 Å². The topological polar surface area (TPSA) is 68.5 Å². The molecule has 0 aliphatic carbocycles. The van der Waals surface area contributed by atoms with E-state index in [2.05, 4.69) is 0 Å². The minimum absolute atomic E-state index is 0.0626. The number of rotatable bonds is 5. The molecule has 0 saturated carbocycles. The van der Waals surface area contributed by atoms with E-state index in [4.69, 9.17) is 9.84 Å². The van der Waals surface area contributed by atoms with Crippen LogP contribution in [0, 0.1) is 0 Å². The Labute approximate surface area is 110 Å². The lowest BCUT2D eigenvalue weighted by atomic mass is 10.1. The first-order valence-corrected chi connectivity index (χ1v) is 6.01. The summed E-state index contributed by atoms with van der Waals surface area (Å²) < 4.78 is 6.65. The Bertz CT molecular complexity index is 660. The highest BCUT2D eigenvalue weighted by Crippen LogP contribution is 2.17.